The number of nitrogens with one attached hydrogen (secondary N) is 1. The molecule has 1 amide bonds. The molecule has 20 heavy (non-hydrogen) atoms. The van der Waals surface area contributed by atoms with Crippen LogP contribution in [0.4, 0.5) is 0 Å². The minimum Gasteiger partial charge on any atom is -0.351 e. The number of carbonyl (C=O) groups is 1. The third-order valence-corrected chi connectivity index (χ3v) is 3.44. The molecule has 2 rings (SSSR count). The number of nitrogens with two attached hydrogens (primary N) is 1. The molecule has 0 fully saturated rings. The summed E-state index contributed by atoms with van der Waals surface area (Å²) in [6, 6.07) is 9.42. The van der Waals surface area contributed by atoms with Crippen molar-refractivity contribution < 1.29 is 4.79 Å². The summed E-state index contributed by atoms with van der Waals surface area (Å²) in [5.41, 5.74) is 7.09. The highest BCUT2D eigenvalue weighted by Crippen LogP contribution is 2.19. The molecule has 0 bridgehead atoms. The van der Waals surface area contributed by atoms with E-state index in [-0.39, 0.29) is 11.3 Å². The maximum absolute atomic E-state index is 12.3. The lowest BCUT2D eigenvalue weighted by Gasteiger charge is -2.24. The molecular formula is C16H21N3O. The maximum Gasteiger partial charge on any atom is 0.252 e. The quantitative estimate of drug-likeness (QED) is 0.877. The van der Waals surface area contributed by atoms with Crippen molar-refractivity contribution in [2.45, 2.75) is 20.3 Å². The summed E-state index contributed by atoms with van der Waals surface area (Å²) in [6.07, 6.45) is 2.55. The average molecular weight is 271 g/mol. The van der Waals surface area contributed by atoms with E-state index in [9.17, 15) is 4.79 Å². The van der Waals surface area contributed by atoms with Gasteiger partial charge in [0.2, 0.25) is 0 Å². The van der Waals surface area contributed by atoms with E-state index in [0.29, 0.717) is 18.7 Å². The predicted octanol–water partition coefficient (Wildman–Crippen LogP) is 2.34. The monoisotopic (exact) mass is 271 g/mol. The van der Waals surface area contributed by atoms with Gasteiger partial charge in [-0.05, 0) is 30.5 Å². The molecule has 0 unspecified atom stereocenters. The summed E-state index contributed by atoms with van der Waals surface area (Å²) in [5, 5.41) is 3.87. The van der Waals surface area contributed by atoms with Crippen LogP contribution < -0.4 is 11.1 Å². The minimum absolute atomic E-state index is 0.00719. The first-order chi connectivity index (χ1) is 9.53. The van der Waals surface area contributed by atoms with Crippen molar-refractivity contribution in [1.82, 2.24) is 10.3 Å². The second-order valence-electron chi connectivity index (χ2n) is 5.76. The van der Waals surface area contributed by atoms with E-state index >= 15 is 0 Å². The van der Waals surface area contributed by atoms with Crippen molar-refractivity contribution in [3.05, 3.63) is 42.1 Å². The zero-order chi connectivity index (χ0) is 14.6. The summed E-state index contributed by atoms with van der Waals surface area (Å²) < 4.78 is 0. The van der Waals surface area contributed by atoms with Crippen molar-refractivity contribution in [2.24, 2.45) is 11.1 Å². The normalized spacial score (nSPS) is 11.6. The van der Waals surface area contributed by atoms with Crippen LogP contribution in [-0.2, 0) is 0 Å². The van der Waals surface area contributed by atoms with Crippen molar-refractivity contribution in [3.63, 3.8) is 0 Å². The first-order valence-corrected chi connectivity index (χ1v) is 6.85. The van der Waals surface area contributed by atoms with Gasteiger partial charge in [-0.2, -0.15) is 0 Å². The fourth-order valence-corrected chi connectivity index (χ4v) is 2.19. The Balaban J connectivity index is 2.16. The summed E-state index contributed by atoms with van der Waals surface area (Å²) >= 11 is 0. The first-order valence-electron chi connectivity index (χ1n) is 6.85. The highest BCUT2D eigenvalue weighted by atomic mass is 16.1. The lowest BCUT2D eigenvalue weighted by molar-refractivity contribution is 0.0936. The van der Waals surface area contributed by atoms with Crippen LogP contribution in [0.3, 0.4) is 0 Å². The molecule has 4 nitrogen and oxygen atoms in total. The van der Waals surface area contributed by atoms with Crippen molar-refractivity contribution >= 4 is 16.8 Å². The molecule has 1 heterocycles. The molecule has 0 atom stereocenters. The maximum atomic E-state index is 12.3. The first kappa shape index (κ1) is 14.5. The van der Waals surface area contributed by atoms with Crippen LogP contribution in [0.5, 0.6) is 0 Å². The topological polar surface area (TPSA) is 68.0 Å². The van der Waals surface area contributed by atoms with E-state index in [0.717, 1.165) is 17.3 Å². The van der Waals surface area contributed by atoms with Gasteiger partial charge in [-0.15, -0.1) is 0 Å². The molecule has 1 aromatic heterocycles. The van der Waals surface area contributed by atoms with Gasteiger partial charge in [0.15, 0.2) is 0 Å². The number of aromatic nitrogens is 1. The number of rotatable bonds is 5. The van der Waals surface area contributed by atoms with Gasteiger partial charge in [-0.3, -0.25) is 9.78 Å². The number of fused-ring (bicyclic) bond motifs is 1. The number of benzene rings is 1. The lowest BCUT2D eigenvalue weighted by Crippen LogP contribution is -2.35. The highest BCUT2D eigenvalue weighted by Gasteiger charge is 2.19. The number of amides is 1. The number of pyridine rings is 1. The van der Waals surface area contributed by atoms with Crippen LogP contribution in [0.1, 0.15) is 30.6 Å². The van der Waals surface area contributed by atoms with Crippen LogP contribution in [0.25, 0.3) is 10.9 Å². The smallest absolute Gasteiger partial charge is 0.252 e. The Morgan fingerprint density at radius 1 is 1.30 bits per heavy atom. The largest absolute Gasteiger partial charge is 0.351 e. The average Bonchev–Trinajstić information content (AvgIpc) is 2.44. The third-order valence-electron chi connectivity index (χ3n) is 3.44. The lowest BCUT2D eigenvalue weighted by atomic mass is 9.89. The molecule has 1 aromatic carbocycles. The Hall–Kier alpha value is -1.94. The molecule has 2 aromatic rings. The Morgan fingerprint density at radius 2 is 2.05 bits per heavy atom. The molecular weight excluding hydrogens is 250 g/mol. The SMILES string of the molecule is CC(C)(CCN)CNC(=O)c1ccnc2ccccc12. The zero-order valence-electron chi connectivity index (χ0n) is 12.0. The van der Waals surface area contributed by atoms with Gasteiger partial charge in [0.1, 0.15) is 0 Å². The summed E-state index contributed by atoms with van der Waals surface area (Å²) in [7, 11) is 0. The van der Waals surface area contributed by atoms with Crippen molar-refractivity contribution in [3.8, 4) is 0 Å². The van der Waals surface area contributed by atoms with Gasteiger partial charge in [0, 0.05) is 18.1 Å². The third kappa shape index (κ3) is 3.33. The molecule has 0 saturated carbocycles. The van der Waals surface area contributed by atoms with Gasteiger partial charge < -0.3 is 11.1 Å². The molecule has 106 valence electrons. The zero-order valence-corrected chi connectivity index (χ0v) is 12.0. The number of hydrogen-bond donors (Lipinski definition) is 2. The summed E-state index contributed by atoms with van der Waals surface area (Å²) in [5.74, 6) is -0.0614. The Bertz CT molecular complexity index is 602. The van der Waals surface area contributed by atoms with E-state index in [1.54, 1.807) is 12.3 Å². The van der Waals surface area contributed by atoms with Crippen LogP contribution in [-0.4, -0.2) is 24.0 Å². The Labute approximate surface area is 119 Å². The van der Waals surface area contributed by atoms with Gasteiger partial charge in [0.25, 0.3) is 5.91 Å². The van der Waals surface area contributed by atoms with Crippen LogP contribution in [0.15, 0.2) is 36.5 Å². The predicted molar refractivity (Wildman–Crippen MR) is 81.5 cm³/mol. The van der Waals surface area contributed by atoms with Crippen LogP contribution in [0, 0.1) is 5.41 Å². The van der Waals surface area contributed by atoms with E-state index in [2.05, 4.69) is 24.1 Å². The fraction of sp³-hybridized carbons (Fsp3) is 0.375. The highest BCUT2D eigenvalue weighted by molar-refractivity contribution is 6.05. The molecule has 0 radical (unpaired) electrons. The van der Waals surface area contributed by atoms with Crippen LogP contribution >= 0.6 is 0 Å². The second kappa shape index (κ2) is 6.01. The van der Waals surface area contributed by atoms with Crippen molar-refractivity contribution in [2.75, 3.05) is 13.1 Å². The summed E-state index contributed by atoms with van der Waals surface area (Å²) in [6.45, 7) is 5.44. The fourth-order valence-electron chi connectivity index (χ4n) is 2.19. The number of nitrogens with zero attached hydrogens (tertiary/aromatic N) is 1. The molecule has 3 N–H and O–H groups in total. The molecule has 0 aliphatic heterocycles. The molecule has 0 spiro atoms. The van der Waals surface area contributed by atoms with E-state index in [4.69, 9.17) is 5.73 Å². The van der Waals surface area contributed by atoms with Gasteiger partial charge in [-0.25, -0.2) is 0 Å². The molecule has 0 aliphatic rings. The molecule has 4 heteroatoms. The van der Waals surface area contributed by atoms with Gasteiger partial charge in [0.05, 0.1) is 11.1 Å². The van der Waals surface area contributed by atoms with Gasteiger partial charge in [-0.1, -0.05) is 32.0 Å². The van der Waals surface area contributed by atoms with E-state index < -0.39 is 0 Å². The summed E-state index contributed by atoms with van der Waals surface area (Å²) in [4.78, 5) is 16.6. The Morgan fingerprint density at radius 3 is 2.80 bits per heavy atom. The van der Waals surface area contributed by atoms with E-state index in [1.165, 1.54) is 0 Å². The van der Waals surface area contributed by atoms with E-state index in [1.807, 2.05) is 24.3 Å². The van der Waals surface area contributed by atoms with Crippen LogP contribution in [0.2, 0.25) is 0 Å². The minimum atomic E-state index is -0.0614. The molecule has 0 saturated heterocycles. The second-order valence-corrected chi connectivity index (χ2v) is 5.76. The Kier molecular flexibility index (Phi) is 4.35. The van der Waals surface area contributed by atoms with Crippen molar-refractivity contribution in [1.29, 1.82) is 0 Å². The number of hydrogen-bond acceptors (Lipinski definition) is 3. The molecule has 0 aliphatic carbocycles. The number of para-hydroxylation sites is 1. The van der Waals surface area contributed by atoms with Gasteiger partial charge >= 0.3 is 0 Å². The number of carbonyl (C=O) groups excluding carboxylic acids is 1. The standard InChI is InChI=1S/C16H21N3O/c1-16(2,8-9-17)11-19-15(20)13-7-10-18-14-6-4-3-5-12(13)14/h3-7,10H,8-9,11,17H2,1-2H3,(H,19,20).